The Morgan fingerprint density at radius 1 is 1.45 bits per heavy atom. The molecular weight excluding hydrogens is 262 g/mol. The summed E-state index contributed by atoms with van der Waals surface area (Å²) in [6.45, 7) is 2.44. The average molecular weight is 277 g/mol. The minimum Gasteiger partial charge on any atom is -0.336 e. The molecule has 2 fully saturated rings. The van der Waals surface area contributed by atoms with Gasteiger partial charge in [0.05, 0.1) is 18.3 Å². The number of nitrogens with one attached hydrogen (secondary N) is 2. The maximum Gasteiger partial charge on any atom is 0.322 e. The van der Waals surface area contributed by atoms with Gasteiger partial charge in [0.1, 0.15) is 5.54 Å². The summed E-state index contributed by atoms with van der Waals surface area (Å²) in [4.78, 5) is 37.1. The van der Waals surface area contributed by atoms with Crippen LogP contribution in [0.1, 0.15) is 22.5 Å². The van der Waals surface area contributed by atoms with Crippen molar-refractivity contribution in [3.8, 4) is 0 Å². The van der Waals surface area contributed by atoms with Crippen molar-refractivity contribution >= 4 is 17.8 Å². The minimum atomic E-state index is -0.969. The molecule has 2 aliphatic heterocycles. The number of carbonyl (C=O) groups excluding carboxylic acids is 3. The summed E-state index contributed by atoms with van der Waals surface area (Å²) in [6.07, 6.45) is 1.95. The van der Waals surface area contributed by atoms with Crippen molar-refractivity contribution in [1.82, 2.24) is 25.3 Å². The van der Waals surface area contributed by atoms with Crippen LogP contribution in [-0.2, 0) is 11.8 Å². The first kappa shape index (κ1) is 12.6. The first-order valence-corrected chi connectivity index (χ1v) is 6.34. The molecule has 20 heavy (non-hydrogen) atoms. The molecule has 0 radical (unpaired) electrons. The van der Waals surface area contributed by atoms with Crippen LogP contribution in [0, 0.1) is 6.92 Å². The molecule has 2 saturated heterocycles. The predicted octanol–water partition coefficient (Wildman–Crippen LogP) is -0.847. The van der Waals surface area contributed by atoms with Gasteiger partial charge in [0.25, 0.3) is 11.8 Å². The summed E-state index contributed by atoms with van der Waals surface area (Å²) < 4.78 is 1.63. The fourth-order valence-electron chi connectivity index (χ4n) is 2.68. The molecule has 0 aliphatic carbocycles. The monoisotopic (exact) mass is 277 g/mol. The number of likely N-dealkylation sites (tertiary alicyclic amines) is 1. The van der Waals surface area contributed by atoms with Crippen LogP contribution in [0.2, 0.25) is 0 Å². The van der Waals surface area contributed by atoms with E-state index in [-0.39, 0.29) is 18.4 Å². The van der Waals surface area contributed by atoms with Crippen LogP contribution in [0.4, 0.5) is 4.79 Å². The number of urea groups is 1. The second kappa shape index (κ2) is 4.06. The van der Waals surface area contributed by atoms with Crippen molar-refractivity contribution in [2.45, 2.75) is 18.9 Å². The molecule has 3 rings (SSSR count). The predicted molar refractivity (Wildman–Crippen MR) is 67.9 cm³/mol. The third kappa shape index (κ3) is 1.68. The summed E-state index contributed by atoms with van der Waals surface area (Å²) in [7, 11) is 1.77. The molecular formula is C12H15N5O3. The molecule has 0 saturated carbocycles. The van der Waals surface area contributed by atoms with E-state index >= 15 is 0 Å². The van der Waals surface area contributed by atoms with Gasteiger partial charge in [-0.3, -0.25) is 19.6 Å². The van der Waals surface area contributed by atoms with Gasteiger partial charge in [0, 0.05) is 19.3 Å². The molecule has 3 heterocycles. The third-order valence-electron chi connectivity index (χ3n) is 4.04. The fourth-order valence-corrected chi connectivity index (χ4v) is 2.68. The van der Waals surface area contributed by atoms with E-state index in [1.165, 1.54) is 6.20 Å². The summed E-state index contributed by atoms with van der Waals surface area (Å²) in [5, 5.41) is 8.89. The molecule has 1 unspecified atom stereocenters. The van der Waals surface area contributed by atoms with Crippen LogP contribution < -0.4 is 10.6 Å². The normalized spacial score (nSPS) is 25.2. The second-order valence-electron chi connectivity index (χ2n) is 5.23. The molecule has 1 atom stereocenters. The van der Waals surface area contributed by atoms with Gasteiger partial charge in [0.2, 0.25) is 0 Å². The summed E-state index contributed by atoms with van der Waals surface area (Å²) in [5.41, 5.74) is 0.327. The van der Waals surface area contributed by atoms with Crippen molar-refractivity contribution in [1.29, 1.82) is 0 Å². The Balaban J connectivity index is 1.81. The highest BCUT2D eigenvalue weighted by atomic mass is 16.2. The van der Waals surface area contributed by atoms with Crippen LogP contribution in [0.3, 0.4) is 0 Å². The Morgan fingerprint density at radius 2 is 2.20 bits per heavy atom. The fraction of sp³-hybridized carbons (Fsp3) is 0.500. The first-order valence-electron chi connectivity index (χ1n) is 6.34. The lowest BCUT2D eigenvalue weighted by Gasteiger charge is -2.20. The van der Waals surface area contributed by atoms with Crippen LogP contribution >= 0.6 is 0 Å². The van der Waals surface area contributed by atoms with E-state index < -0.39 is 11.6 Å². The number of hydrogen-bond donors (Lipinski definition) is 2. The number of nitrogens with zero attached hydrogens (tertiary/aromatic N) is 3. The molecule has 0 bridgehead atoms. The van der Waals surface area contributed by atoms with Gasteiger partial charge < -0.3 is 10.2 Å². The van der Waals surface area contributed by atoms with Gasteiger partial charge in [-0.25, -0.2) is 4.79 Å². The molecule has 8 nitrogen and oxygen atoms in total. The van der Waals surface area contributed by atoms with Gasteiger partial charge in [-0.2, -0.15) is 5.10 Å². The van der Waals surface area contributed by atoms with E-state index in [0.29, 0.717) is 18.5 Å². The molecule has 106 valence electrons. The van der Waals surface area contributed by atoms with E-state index in [0.717, 1.165) is 5.69 Å². The largest absolute Gasteiger partial charge is 0.336 e. The molecule has 8 heteroatoms. The number of hydrogen-bond acceptors (Lipinski definition) is 4. The van der Waals surface area contributed by atoms with Crippen LogP contribution in [0.15, 0.2) is 6.20 Å². The molecule has 1 aromatic rings. The van der Waals surface area contributed by atoms with E-state index in [4.69, 9.17) is 0 Å². The van der Waals surface area contributed by atoms with Gasteiger partial charge in [-0.1, -0.05) is 0 Å². The number of rotatable bonds is 1. The van der Waals surface area contributed by atoms with Crippen molar-refractivity contribution < 1.29 is 14.4 Å². The number of aryl methyl sites for hydroxylation is 1. The quantitative estimate of drug-likeness (QED) is 0.654. The van der Waals surface area contributed by atoms with Crippen LogP contribution in [0.5, 0.6) is 0 Å². The maximum atomic E-state index is 12.4. The van der Waals surface area contributed by atoms with Gasteiger partial charge in [-0.15, -0.1) is 0 Å². The lowest BCUT2D eigenvalue weighted by molar-refractivity contribution is -0.123. The topological polar surface area (TPSA) is 96.3 Å². The lowest BCUT2D eigenvalue weighted by Crippen LogP contribution is -2.49. The molecule has 4 amide bonds. The lowest BCUT2D eigenvalue weighted by atomic mass is 9.99. The van der Waals surface area contributed by atoms with Gasteiger partial charge >= 0.3 is 6.03 Å². The van der Waals surface area contributed by atoms with E-state index in [1.807, 2.05) is 6.92 Å². The number of amides is 4. The highest BCUT2D eigenvalue weighted by Crippen LogP contribution is 2.26. The Morgan fingerprint density at radius 3 is 2.75 bits per heavy atom. The van der Waals surface area contributed by atoms with Gasteiger partial charge in [0.15, 0.2) is 0 Å². The SMILES string of the molecule is Cc1c(C(=O)N2CCC3(C2)NC(=O)NC3=O)cnn1C. The van der Waals surface area contributed by atoms with E-state index in [9.17, 15) is 14.4 Å². The Kier molecular flexibility index (Phi) is 2.56. The second-order valence-corrected chi connectivity index (χ2v) is 5.23. The number of carbonyl (C=O) groups is 3. The van der Waals surface area contributed by atoms with Crippen molar-refractivity contribution in [2.75, 3.05) is 13.1 Å². The van der Waals surface area contributed by atoms with Crippen LogP contribution in [0.25, 0.3) is 0 Å². The van der Waals surface area contributed by atoms with E-state index in [2.05, 4.69) is 15.7 Å². The number of imide groups is 1. The summed E-state index contributed by atoms with van der Waals surface area (Å²) >= 11 is 0. The Hall–Kier alpha value is -2.38. The Labute approximate surface area is 115 Å². The van der Waals surface area contributed by atoms with Crippen molar-refractivity contribution in [3.05, 3.63) is 17.5 Å². The summed E-state index contributed by atoms with van der Waals surface area (Å²) in [5.74, 6) is -0.526. The third-order valence-corrected chi connectivity index (χ3v) is 4.04. The zero-order valence-electron chi connectivity index (χ0n) is 11.3. The standard InChI is InChI=1S/C12H15N5O3/c1-7-8(5-13-16(7)2)9(18)17-4-3-12(6-17)10(19)14-11(20)15-12/h5H,3-4,6H2,1-2H3,(H2,14,15,19,20). The molecule has 0 aromatic carbocycles. The van der Waals surface area contributed by atoms with Crippen LogP contribution in [-0.4, -0.2) is 51.2 Å². The number of aromatic nitrogens is 2. The van der Waals surface area contributed by atoms with Crippen molar-refractivity contribution in [3.63, 3.8) is 0 Å². The molecule has 1 spiro atoms. The molecule has 2 N–H and O–H groups in total. The molecule has 2 aliphatic rings. The zero-order chi connectivity index (χ0) is 14.5. The highest BCUT2D eigenvalue weighted by Gasteiger charge is 2.51. The van der Waals surface area contributed by atoms with E-state index in [1.54, 1.807) is 16.6 Å². The average Bonchev–Trinajstić information content (AvgIpc) is 3.03. The summed E-state index contributed by atoms with van der Waals surface area (Å²) in [6, 6.07) is -0.498. The zero-order valence-corrected chi connectivity index (χ0v) is 11.3. The maximum absolute atomic E-state index is 12.4. The minimum absolute atomic E-state index is 0.165. The van der Waals surface area contributed by atoms with Gasteiger partial charge in [-0.05, 0) is 13.3 Å². The molecule has 1 aromatic heterocycles. The smallest absolute Gasteiger partial charge is 0.322 e. The highest BCUT2D eigenvalue weighted by molar-refractivity contribution is 6.08. The Bertz CT molecular complexity index is 623. The van der Waals surface area contributed by atoms with Crippen molar-refractivity contribution in [2.24, 2.45) is 7.05 Å². The first-order chi connectivity index (χ1) is 9.43.